The number of nitrogens with zero attached hydrogens (tertiary/aromatic N) is 3. The van der Waals surface area contributed by atoms with E-state index >= 15 is 0 Å². The van der Waals surface area contributed by atoms with Crippen LogP contribution in [0.2, 0.25) is 0 Å². The highest BCUT2D eigenvalue weighted by Gasteiger charge is 2.24. The van der Waals surface area contributed by atoms with Gasteiger partial charge in [0, 0.05) is 11.3 Å². The Morgan fingerprint density at radius 3 is 3.17 bits per heavy atom. The first kappa shape index (κ1) is 13.7. The van der Waals surface area contributed by atoms with Crippen LogP contribution in [0.15, 0.2) is 11.5 Å². The van der Waals surface area contributed by atoms with Crippen LogP contribution in [0.4, 0.5) is 0 Å². The zero-order valence-corrected chi connectivity index (χ0v) is 11.9. The lowest BCUT2D eigenvalue weighted by Crippen LogP contribution is -2.21. The van der Waals surface area contributed by atoms with E-state index in [1.165, 1.54) is 24.6 Å². The van der Waals surface area contributed by atoms with E-state index in [0.717, 1.165) is 18.0 Å². The highest BCUT2D eigenvalue weighted by molar-refractivity contribution is 7.99. The van der Waals surface area contributed by atoms with Gasteiger partial charge < -0.3 is 9.67 Å². The van der Waals surface area contributed by atoms with Gasteiger partial charge in [0.05, 0.1) is 5.75 Å². The Labute approximate surface area is 115 Å². The minimum absolute atomic E-state index is 0.0391. The summed E-state index contributed by atoms with van der Waals surface area (Å²) < 4.78 is 2.05. The number of rotatable bonds is 5. The zero-order chi connectivity index (χ0) is 13.0. The van der Waals surface area contributed by atoms with E-state index in [4.69, 9.17) is 5.11 Å². The molecule has 0 spiro atoms. The first-order valence-corrected chi connectivity index (χ1v) is 8.25. The molecule has 1 aliphatic carbocycles. The van der Waals surface area contributed by atoms with E-state index in [0.29, 0.717) is 11.3 Å². The van der Waals surface area contributed by atoms with Gasteiger partial charge in [0.15, 0.2) is 5.16 Å². The minimum atomic E-state index is -0.819. The third kappa shape index (κ3) is 3.41. The molecule has 1 aromatic rings. The maximum Gasteiger partial charge on any atom is 0.313 e. The van der Waals surface area contributed by atoms with Gasteiger partial charge in [-0.15, -0.1) is 10.2 Å². The molecular weight excluding hydrogens is 270 g/mol. The summed E-state index contributed by atoms with van der Waals surface area (Å²) in [6.07, 6.45) is 8.64. The number of carboxylic acids is 1. The molecule has 18 heavy (non-hydrogen) atoms. The number of carboxylic acid groups (broad SMARTS) is 1. The van der Waals surface area contributed by atoms with Crippen molar-refractivity contribution in [2.45, 2.75) is 42.1 Å². The Morgan fingerprint density at radius 1 is 1.61 bits per heavy atom. The second-order valence-electron chi connectivity index (χ2n) is 4.38. The van der Waals surface area contributed by atoms with Gasteiger partial charge in [-0.3, -0.25) is 4.79 Å². The number of hydrogen-bond acceptors (Lipinski definition) is 5. The topological polar surface area (TPSA) is 68.0 Å². The molecule has 0 radical (unpaired) electrons. The SMILES string of the molecule is CSC1CCCC(n2cnnc2SCC(=O)O)C1. The predicted molar refractivity (Wildman–Crippen MR) is 73.2 cm³/mol. The summed E-state index contributed by atoms with van der Waals surface area (Å²) in [6, 6.07) is 0.419. The number of carbonyl (C=O) groups is 1. The van der Waals surface area contributed by atoms with Gasteiger partial charge in [0.1, 0.15) is 6.33 Å². The Balaban J connectivity index is 2.03. The van der Waals surface area contributed by atoms with Crippen LogP contribution in [0.1, 0.15) is 31.7 Å². The standard InChI is InChI=1S/C11H17N3O2S2/c1-17-9-4-2-3-8(5-9)14-7-12-13-11(14)18-6-10(15)16/h7-9H,2-6H2,1H3,(H,15,16). The molecule has 1 saturated carbocycles. The molecule has 7 heteroatoms. The quantitative estimate of drug-likeness (QED) is 0.838. The fourth-order valence-corrected chi connectivity index (χ4v) is 3.82. The number of thioether (sulfide) groups is 2. The lowest BCUT2D eigenvalue weighted by molar-refractivity contribution is -0.133. The van der Waals surface area contributed by atoms with Crippen LogP contribution >= 0.6 is 23.5 Å². The molecule has 0 saturated heterocycles. The van der Waals surface area contributed by atoms with Crippen molar-refractivity contribution in [3.05, 3.63) is 6.33 Å². The lowest BCUT2D eigenvalue weighted by Gasteiger charge is -2.29. The van der Waals surface area contributed by atoms with Crippen LogP contribution in [-0.2, 0) is 4.79 Å². The van der Waals surface area contributed by atoms with Gasteiger partial charge in [0.2, 0.25) is 0 Å². The molecule has 0 aromatic carbocycles. The zero-order valence-electron chi connectivity index (χ0n) is 10.3. The predicted octanol–water partition coefficient (Wildman–Crippen LogP) is 2.30. The molecule has 2 atom stereocenters. The van der Waals surface area contributed by atoms with Crippen molar-refractivity contribution in [1.82, 2.24) is 14.8 Å². The van der Waals surface area contributed by atoms with Crippen LogP contribution in [-0.4, -0.2) is 43.1 Å². The molecule has 2 rings (SSSR count). The average molecular weight is 287 g/mol. The maximum absolute atomic E-state index is 10.6. The van der Waals surface area contributed by atoms with Crippen molar-refractivity contribution < 1.29 is 9.90 Å². The van der Waals surface area contributed by atoms with Crippen LogP contribution in [0.5, 0.6) is 0 Å². The van der Waals surface area contributed by atoms with E-state index in [2.05, 4.69) is 21.0 Å². The smallest absolute Gasteiger partial charge is 0.313 e. The van der Waals surface area contributed by atoms with Gasteiger partial charge >= 0.3 is 5.97 Å². The molecule has 0 amide bonds. The number of aromatic nitrogens is 3. The first-order chi connectivity index (χ1) is 8.70. The summed E-state index contributed by atoms with van der Waals surface area (Å²) in [7, 11) is 0. The molecule has 1 aliphatic rings. The van der Waals surface area contributed by atoms with Crippen molar-refractivity contribution in [2.75, 3.05) is 12.0 Å². The molecule has 1 aromatic heterocycles. The monoisotopic (exact) mass is 287 g/mol. The van der Waals surface area contributed by atoms with Crippen molar-refractivity contribution in [2.24, 2.45) is 0 Å². The van der Waals surface area contributed by atoms with E-state index in [1.54, 1.807) is 6.33 Å². The summed E-state index contributed by atoms with van der Waals surface area (Å²) >= 11 is 3.16. The molecule has 0 bridgehead atoms. The van der Waals surface area contributed by atoms with Crippen molar-refractivity contribution in [3.63, 3.8) is 0 Å². The van der Waals surface area contributed by atoms with Crippen LogP contribution in [0.3, 0.4) is 0 Å². The normalized spacial score (nSPS) is 24.1. The van der Waals surface area contributed by atoms with Crippen LogP contribution in [0, 0.1) is 0 Å². The second kappa shape index (κ2) is 6.47. The third-order valence-corrected chi connectivity index (χ3v) is 5.23. The Morgan fingerprint density at radius 2 is 2.44 bits per heavy atom. The van der Waals surface area contributed by atoms with Crippen molar-refractivity contribution in [1.29, 1.82) is 0 Å². The van der Waals surface area contributed by atoms with Crippen molar-refractivity contribution in [3.8, 4) is 0 Å². The van der Waals surface area contributed by atoms with E-state index in [1.807, 2.05) is 11.8 Å². The molecular formula is C11H17N3O2S2. The number of aliphatic carboxylic acids is 1. The minimum Gasteiger partial charge on any atom is -0.481 e. The highest BCUT2D eigenvalue weighted by atomic mass is 32.2. The fourth-order valence-electron chi connectivity index (χ4n) is 2.30. The van der Waals surface area contributed by atoms with E-state index < -0.39 is 5.97 Å². The number of hydrogen-bond donors (Lipinski definition) is 1. The molecule has 1 fully saturated rings. The molecule has 5 nitrogen and oxygen atoms in total. The summed E-state index contributed by atoms with van der Waals surface area (Å²) in [4.78, 5) is 10.6. The van der Waals surface area contributed by atoms with Gasteiger partial charge in [0.25, 0.3) is 0 Å². The lowest BCUT2D eigenvalue weighted by atomic mass is 9.95. The van der Waals surface area contributed by atoms with Gasteiger partial charge in [-0.05, 0) is 25.5 Å². The summed E-state index contributed by atoms with van der Waals surface area (Å²) in [5.41, 5.74) is 0. The average Bonchev–Trinajstić information content (AvgIpc) is 2.84. The van der Waals surface area contributed by atoms with Gasteiger partial charge in [-0.1, -0.05) is 18.2 Å². The second-order valence-corrected chi connectivity index (χ2v) is 6.46. The van der Waals surface area contributed by atoms with E-state index in [9.17, 15) is 4.79 Å². The summed E-state index contributed by atoms with van der Waals surface area (Å²) in [6.45, 7) is 0. The summed E-state index contributed by atoms with van der Waals surface area (Å²) in [5, 5.41) is 18.1. The maximum atomic E-state index is 10.6. The highest BCUT2D eigenvalue weighted by Crippen LogP contribution is 2.35. The Bertz CT molecular complexity index is 411. The fraction of sp³-hybridized carbons (Fsp3) is 0.727. The molecule has 2 unspecified atom stereocenters. The molecule has 1 heterocycles. The van der Waals surface area contributed by atoms with Crippen LogP contribution < -0.4 is 0 Å². The van der Waals surface area contributed by atoms with E-state index in [-0.39, 0.29) is 5.75 Å². The van der Waals surface area contributed by atoms with Crippen molar-refractivity contribution >= 4 is 29.5 Å². The molecule has 0 aliphatic heterocycles. The Kier molecular flexibility index (Phi) is 4.94. The largest absolute Gasteiger partial charge is 0.481 e. The first-order valence-electron chi connectivity index (χ1n) is 5.97. The van der Waals surface area contributed by atoms with Crippen LogP contribution in [0.25, 0.3) is 0 Å². The molecule has 1 N–H and O–H groups in total. The Hall–Kier alpha value is -0.690. The van der Waals surface area contributed by atoms with Gasteiger partial charge in [-0.2, -0.15) is 11.8 Å². The summed E-state index contributed by atoms with van der Waals surface area (Å²) in [5.74, 6) is -0.780. The molecule has 100 valence electrons. The van der Waals surface area contributed by atoms with Gasteiger partial charge in [-0.25, -0.2) is 0 Å². The third-order valence-electron chi connectivity index (χ3n) is 3.19.